The number of esters is 1. The summed E-state index contributed by atoms with van der Waals surface area (Å²) in [6.45, 7) is 8.39. The second kappa shape index (κ2) is 7.18. The van der Waals surface area contributed by atoms with Gasteiger partial charge in [-0.3, -0.25) is 4.79 Å². The zero-order chi connectivity index (χ0) is 17.0. The van der Waals surface area contributed by atoms with Crippen LogP contribution in [0.15, 0.2) is 42.5 Å². The molecule has 0 spiro atoms. The van der Waals surface area contributed by atoms with Gasteiger partial charge in [0.05, 0.1) is 0 Å². The van der Waals surface area contributed by atoms with Crippen molar-refractivity contribution in [3.8, 4) is 5.75 Å². The highest BCUT2D eigenvalue weighted by molar-refractivity contribution is 6.30. The predicted octanol–water partition coefficient (Wildman–Crippen LogP) is 5.48. The van der Waals surface area contributed by atoms with Crippen LogP contribution in [-0.2, 0) is 16.6 Å². The molecule has 0 unspecified atom stereocenters. The van der Waals surface area contributed by atoms with Crippen molar-refractivity contribution in [2.24, 2.45) is 0 Å². The Balaban J connectivity index is 2.06. The van der Waals surface area contributed by atoms with E-state index in [2.05, 4.69) is 26.8 Å². The smallest absolute Gasteiger partial charge is 0.311 e. The van der Waals surface area contributed by atoms with E-state index in [0.717, 1.165) is 16.7 Å². The number of carbonyl (C=O) groups excluding carboxylic acids is 1. The summed E-state index contributed by atoms with van der Waals surface area (Å²) in [5, 5.41) is 0.685. The van der Waals surface area contributed by atoms with E-state index in [1.54, 1.807) is 0 Å². The largest absolute Gasteiger partial charge is 0.426 e. The van der Waals surface area contributed by atoms with Crippen LogP contribution in [0.1, 0.15) is 43.9 Å². The predicted molar refractivity (Wildman–Crippen MR) is 95.3 cm³/mol. The fourth-order valence-corrected chi connectivity index (χ4v) is 2.64. The van der Waals surface area contributed by atoms with Crippen LogP contribution in [0.4, 0.5) is 0 Å². The zero-order valence-corrected chi connectivity index (χ0v) is 14.9. The second-order valence-electron chi connectivity index (χ2n) is 6.85. The molecule has 0 saturated heterocycles. The molecule has 23 heavy (non-hydrogen) atoms. The van der Waals surface area contributed by atoms with Crippen LogP contribution in [0.2, 0.25) is 5.02 Å². The van der Waals surface area contributed by atoms with E-state index in [0.29, 0.717) is 23.6 Å². The van der Waals surface area contributed by atoms with Gasteiger partial charge in [-0.15, -0.1) is 0 Å². The molecule has 0 radical (unpaired) electrons. The van der Waals surface area contributed by atoms with Crippen molar-refractivity contribution in [3.63, 3.8) is 0 Å². The molecule has 2 rings (SSSR count). The first-order chi connectivity index (χ1) is 10.8. The lowest BCUT2D eigenvalue weighted by molar-refractivity contribution is -0.134. The van der Waals surface area contributed by atoms with Gasteiger partial charge >= 0.3 is 5.97 Å². The number of ether oxygens (including phenoxy) is 1. The van der Waals surface area contributed by atoms with E-state index < -0.39 is 0 Å². The summed E-state index contributed by atoms with van der Waals surface area (Å²) in [6, 6.07) is 13.5. The average molecular weight is 331 g/mol. The molecule has 0 aliphatic carbocycles. The minimum atomic E-state index is -0.223. The zero-order valence-electron chi connectivity index (χ0n) is 14.2. The number of rotatable bonds is 4. The number of carbonyl (C=O) groups is 1. The van der Waals surface area contributed by atoms with E-state index in [1.165, 1.54) is 0 Å². The number of benzene rings is 2. The van der Waals surface area contributed by atoms with Gasteiger partial charge in [0.25, 0.3) is 0 Å². The van der Waals surface area contributed by atoms with Gasteiger partial charge in [-0.1, -0.05) is 62.2 Å². The van der Waals surface area contributed by atoms with Crippen LogP contribution in [0.3, 0.4) is 0 Å². The van der Waals surface area contributed by atoms with Gasteiger partial charge in [0.2, 0.25) is 0 Å². The first-order valence-electron chi connectivity index (χ1n) is 7.82. The van der Waals surface area contributed by atoms with E-state index in [4.69, 9.17) is 16.3 Å². The monoisotopic (exact) mass is 330 g/mol. The third kappa shape index (κ3) is 5.11. The number of aryl methyl sites for hydroxylation is 2. The molecule has 2 aromatic carbocycles. The summed E-state index contributed by atoms with van der Waals surface area (Å²) >= 11 is 5.96. The van der Waals surface area contributed by atoms with Gasteiger partial charge in [0.1, 0.15) is 5.75 Å². The Morgan fingerprint density at radius 1 is 1.13 bits per heavy atom. The number of hydrogen-bond donors (Lipinski definition) is 0. The van der Waals surface area contributed by atoms with Gasteiger partial charge in [-0.25, -0.2) is 0 Å². The molecule has 122 valence electrons. The van der Waals surface area contributed by atoms with E-state index in [9.17, 15) is 4.79 Å². The van der Waals surface area contributed by atoms with Crippen molar-refractivity contribution in [2.45, 2.75) is 46.0 Å². The van der Waals surface area contributed by atoms with Crippen molar-refractivity contribution >= 4 is 17.6 Å². The Bertz CT molecular complexity index is 699. The lowest BCUT2D eigenvalue weighted by Crippen LogP contribution is -2.17. The van der Waals surface area contributed by atoms with Crippen LogP contribution >= 0.6 is 11.6 Å². The maximum Gasteiger partial charge on any atom is 0.311 e. The summed E-state index contributed by atoms with van der Waals surface area (Å²) in [7, 11) is 0. The van der Waals surface area contributed by atoms with Crippen LogP contribution in [0, 0.1) is 6.92 Å². The van der Waals surface area contributed by atoms with Crippen molar-refractivity contribution in [3.05, 3.63) is 64.2 Å². The fraction of sp³-hybridized carbons (Fsp3) is 0.350. The Kier molecular flexibility index (Phi) is 5.48. The molecule has 0 aliphatic heterocycles. The highest BCUT2D eigenvalue weighted by Crippen LogP contribution is 2.32. The first-order valence-corrected chi connectivity index (χ1v) is 8.20. The average Bonchev–Trinajstić information content (AvgIpc) is 2.46. The molecule has 0 saturated carbocycles. The highest BCUT2D eigenvalue weighted by Gasteiger charge is 2.20. The molecule has 0 bridgehead atoms. The molecule has 0 atom stereocenters. The SMILES string of the molecule is Cc1ccc(OC(=O)CCc2cccc(Cl)c2)c(C(C)(C)C)c1. The molecular weight excluding hydrogens is 308 g/mol. The summed E-state index contributed by atoms with van der Waals surface area (Å²) < 4.78 is 5.61. The molecular formula is C20H23ClO2. The lowest BCUT2D eigenvalue weighted by Gasteiger charge is -2.22. The highest BCUT2D eigenvalue weighted by atomic mass is 35.5. The summed E-state index contributed by atoms with van der Waals surface area (Å²) in [6.07, 6.45) is 0.952. The van der Waals surface area contributed by atoms with Gasteiger partial charge in [0, 0.05) is 17.0 Å². The fourth-order valence-electron chi connectivity index (χ4n) is 2.43. The standard InChI is InChI=1S/C20H23ClO2/c1-14-8-10-18(17(12-14)20(2,3)4)23-19(22)11-9-15-6-5-7-16(21)13-15/h5-8,10,12-13H,9,11H2,1-4H3. The molecule has 0 fully saturated rings. The van der Waals surface area contributed by atoms with E-state index in [1.807, 2.05) is 43.3 Å². The maximum atomic E-state index is 12.2. The van der Waals surface area contributed by atoms with E-state index >= 15 is 0 Å². The third-order valence-electron chi connectivity index (χ3n) is 3.67. The first kappa shape index (κ1) is 17.6. The molecule has 2 aromatic rings. The summed E-state index contributed by atoms with van der Waals surface area (Å²) in [4.78, 5) is 12.2. The third-order valence-corrected chi connectivity index (χ3v) is 3.91. The maximum absolute atomic E-state index is 12.2. The minimum absolute atomic E-state index is 0.0748. The minimum Gasteiger partial charge on any atom is -0.426 e. The van der Waals surface area contributed by atoms with Gasteiger partial charge in [-0.05, 0) is 42.5 Å². The molecule has 3 heteroatoms. The lowest BCUT2D eigenvalue weighted by atomic mass is 9.85. The van der Waals surface area contributed by atoms with Crippen LogP contribution in [0.5, 0.6) is 5.75 Å². The van der Waals surface area contributed by atoms with Crippen molar-refractivity contribution in [1.29, 1.82) is 0 Å². The van der Waals surface area contributed by atoms with Crippen LogP contribution in [-0.4, -0.2) is 5.97 Å². The Hall–Kier alpha value is -1.80. The van der Waals surface area contributed by atoms with Crippen molar-refractivity contribution in [1.82, 2.24) is 0 Å². The van der Waals surface area contributed by atoms with Crippen molar-refractivity contribution in [2.75, 3.05) is 0 Å². The number of hydrogen-bond acceptors (Lipinski definition) is 2. The molecule has 0 heterocycles. The quantitative estimate of drug-likeness (QED) is 0.547. The van der Waals surface area contributed by atoms with E-state index in [-0.39, 0.29) is 11.4 Å². The Morgan fingerprint density at radius 2 is 1.87 bits per heavy atom. The Morgan fingerprint density at radius 3 is 2.52 bits per heavy atom. The van der Waals surface area contributed by atoms with Gasteiger partial charge in [0.15, 0.2) is 0 Å². The second-order valence-corrected chi connectivity index (χ2v) is 7.29. The Labute approximate surface area is 143 Å². The van der Waals surface area contributed by atoms with Crippen molar-refractivity contribution < 1.29 is 9.53 Å². The molecule has 0 N–H and O–H groups in total. The molecule has 2 nitrogen and oxygen atoms in total. The van der Waals surface area contributed by atoms with Crippen LogP contribution in [0.25, 0.3) is 0 Å². The topological polar surface area (TPSA) is 26.3 Å². The van der Waals surface area contributed by atoms with Gasteiger partial charge < -0.3 is 4.74 Å². The molecule has 0 aliphatic rings. The summed E-state index contributed by atoms with van der Waals surface area (Å²) in [5.74, 6) is 0.429. The normalized spacial score (nSPS) is 11.3. The number of halogens is 1. The van der Waals surface area contributed by atoms with Crippen LogP contribution < -0.4 is 4.74 Å². The van der Waals surface area contributed by atoms with Gasteiger partial charge in [-0.2, -0.15) is 0 Å². The summed E-state index contributed by atoms with van der Waals surface area (Å²) in [5.41, 5.74) is 3.17. The molecule has 0 amide bonds. The molecule has 0 aromatic heterocycles.